The lowest BCUT2D eigenvalue weighted by Crippen LogP contribution is -2.18. The van der Waals surface area contributed by atoms with Gasteiger partial charge in [-0.2, -0.15) is 0 Å². The molecule has 1 heterocycles. The number of carbonyl (C=O) groups is 1. The first-order chi connectivity index (χ1) is 13.3. The van der Waals surface area contributed by atoms with Gasteiger partial charge in [0, 0.05) is 5.69 Å². The zero-order chi connectivity index (χ0) is 20.3. The number of nitrogens with one attached hydrogen (secondary N) is 1. The van der Waals surface area contributed by atoms with Crippen molar-refractivity contribution >= 4 is 33.0 Å². The fourth-order valence-electron chi connectivity index (χ4n) is 2.61. The lowest BCUT2D eigenvalue weighted by Gasteiger charge is -2.09. The minimum Gasteiger partial charge on any atom is -0.321 e. The molecule has 2 aromatic carbocycles. The molecule has 3 rings (SSSR count). The SMILES string of the molecule is Cc1cccc(NC(=O)c2nc(S(=O)(=O)Cc3ccccc3C)ncc2Cl)c1. The summed E-state index contributed by atoms with van der Waals surface area (Å²) in [6, 6.07) is 14.3. The van der Waals surface area contributed by atoms with Gasteiger partial charge in [0.25, 0.3) is 5.91 Å². The van der Waals surface area contributed by atoms with Crippen LogP contribution in [0.1, 0.15) is 27.2 Å². The van der Waals surface area contributed by atoms with Crippen molar-refractivity contribution in [1.29, 1.82) is 0 Å². The highest BCUT2D eigenvalue weighted by Gasteiger charge is 2.23. The molecule has 8 heteroatoms. The summed E-state index contributed by atoms with van der Waals surface area (Å²) in [6.07, 6.45) is 1.13. The van der Waals surface area contributed by atoms with Crippen LogP contribution in [0.3, 0.4) is 0 Å². The van der Waals surface area contributed by atoms with Gasteiger partial charge in [0.2, 0.25) is 15.0 Å². The molecule has 144 valence electrons. The standard InChI is InChI=1S/C20H18ClN3O3S/c1-13-6-5-9-16(10-13)23-19(25)18-17(21)11-22-20(24-18)28(26,27)12-15-8-4-3-7-14(15)2/h3-11H,12H2,1-2H3,(H,23,25). The number of anilines is 1. The van der Waals surface area contributed by atoms with Crippen molar-refractivity contribution in [2.75, 3.05) is 5.32 Å². The molecule has 0 aliphatic carbocycles. The van der Waals surface area contributed by atoms with Crippen molar-refractivity contribution in [2.24, 2.45) is 0 Å². The van der Waals surface area contributed by atoms with E-state index in [1.165, 1.54) is 0 Å². The lowest BCUT2D eigenvalue weighted by molar-refractivity contribution is 0.102. The van der Waals surface area contributed by atoms with Crippen LogP contribution in [0.5, 0.6) is 0 Å². The molecule has 0 saturated heterocycles. The van der Waals surface area contributed by atoms with E-state index >= 15 is 0 Å². The third kappa shape index (κ3) is 4.55. The molecular formula is C20H18ClN3O3S. The minimum atomic E-state index is -3.85. The Balaban J connectivity index is 1.90. The van der Waals surface area contributed by atoms with Gasteiger partial charge >= 0.3 is 0 Å². The van der Waals surface area contributed by atoms with Crippen LogP contribution in [0.2, 0.25) is 5.02 Å². The van der Waals surface area contributed by atoms with Crippen molar-refractivity contribution in [3.63, 3.8) is 0 Å². The molecule has 6 nitrogen and oxygen atoms in total. The van der Waals surface area contributed by atoms with E-state index < -0.39 is 20.9 Å². The van der Waals surface area contributed by atoms with Crippen LogP contribution in [0, 0.1) is 13.8 Å². The van der Waals surface area contributed by atoms with Crippen LogP contribution < -0.4 is 5.32 Å². The molecule has 0 unspecified atom stereocenters. The van der Waals surface area contributed by atoms with Crippen molar-refractivity contribution in [3.05, 3.63) is 82.1 Å². The van der Waals surface area contributed by atoms with E-state index in [1.807, 2.05) is 32.0 Å². The Kier molecular flexibility index (Phi) is 5.76. The number of nitrogens with zero attached hydrogens (tertiary/aromatic N) is 2. The number of aryl methyl sites for hydroxylation is 2. The summed E-state index contributed by atoms with van der Waals surface area (Å²) in [4.78, 5) is 20.3. The van der Waals surface area contributed by atoms with Crippen molar-refractivity contribution in [1.82, 2.24) is 9.97 Å². The van der Waals surface area contributed by atoms with Crippen LogP contribution in [-0.2, 0) is 15.6 Å². The van der Waals surface area contributed by atoms with E-state index in [1.54, 1.807) is 30.3 Å². The summed E-state index contributed by atoms with van der Waals surface area (Å²) < 4.78 is 25.5. The minimum absolute atomic E-state index is 0.0278. The van der Waals surface area contributed by atoms with E-state index in [-0.39, 0.29) is 16.5 Å². The smallest absolute Gasteiger partial charge is 0.275 e. The summed E-state index contributed by atoms with van der Waals surface area (Å²) in [5, 5.41) is 2.21. The van der Waals surface area contributed by atoms with Gasteiger partial charge in [0.05, 0.1) is 17.0 Å². The number of aromatic nitrogens is 2. The fraction of sp³-hybridized carbons (Fsp3) is 0.150. The Morgan fingerprint density at radius 3 is 2.57 bits per heavy atom. The second kappa shape index (κ2) is 8.08. The highest BCUT2D eigenvalue weighted by atomic mass is 35.5. The number of benzene rings is 2. The average Bonchev–Trinajstić information content (AvgIpc) is 2.63. The second-order valence-electron chi connectivity index (χ2n) is 6.36. The Bertz CT molecular complexity index is 1150. The number of sulfone groups is 1. The number of carbonyl (C=O) groups excluding carboxylic acids is 1. The molecule has 0 fully saturated rings. The summed E-state index contributed by atoms with van der Waals surface area (Å²) in [7, 11) is -3.85. The van der Waals surface area contributed by atoms with Crippen LogP contribution in [0.25, 0.3) is 0 Å². The molecule has 3 aromatic rings. The van der Waals surface area contributed by atoms with E-state index in [9.17, 15) is 13.2 Å². The van der Waals surface area contributed by atoms with Gasteiger partial charge in [-0.25, -0.2) is 18.4 Å². The Morgan fingerprint density at radius 2 is 1.86 bits per heavy atom. The predicted octanol–water partition coefficient (Wildman–Crippen LogP) is 3.97. The zero-order valence-electron chi connectivity index (χ0n) is 15.3. The summed E-state index contributed by atoms with van der Waals surface area (Å²) in [6.45, 7) is 3.72. The van der Waals surface area contributed by atoms with Crippen molar-refractivity contribution in [3.8, 4) is 0 Å². The van der Waals surface area contributed by atoms with Crippen molar-refractivity contribution < 1.29 is 13.2 Å². The number of halogens is 1. The first-order valence-corrected chi connectivity index (χ1v) is 10.5. The van der Waals surface area contributed by atoms with Crippen LogP contribution >= 0.6 is 11.6 Å². The summed E-state index contributed by atoms with van der Waals surface area (Å²) in [5.74, 6) is -0.870. The third-order valence-corrected chi connectivity index (χ3v) is 5.82. The summed E-state index contributed by atoms with van der Waals surface area (Å²) >= 11 is 6.04. The first-order valence-electron chi connectivity index (χ1n) is 8.44. The number of hydrogen-bond acceptors (Lipinski definition) is 5. The van der Waals surface area contributed by atoms with Crippen LogP contribution in [0.4, 0.5) is 5.69 Å². The van der Waals surface area contributed by atoms with Gasteiger partial charge in [-0.1, -0.05) is 48.0 Å². The van der Waals surface area contributed by atoms with E-state index in [0.717, 1.165) is 17.3 Å². The third-order valence-electron chi connectivity index (χ3n) is 4.10. The largest absolute Gasteiger partial charge is 0.321 e. The van der Waals surface area contributed by atoms with E-state index in [4.69, 9.17) is 11.6 Å². The number of amides is 1. The maximum atomic E-state index is 12.7. The monoisotopic (exact) mass is 415 g/mol. The normalized spacial score (nSPS) is 11.2. The molecule has 1 aromatic heterocycles. The maximum absolute atomic E-state index is 12.7. The molecule has 28 heavy (non-hydrogen) atoms. The van der Waals surface area contributed by atoms with Crippen LogP contribution in [0.15, 0.2) is 59.9 Å². The Hall–Kier alpha value is -2.77. The topological polar surface area (TPSA) is 89.0 Å². The van der Waals surface area contributed by atoms with Gasteiger partial charge in [-0.15, -0.1) is 0 Å². The zero-order valence-corrected chi connectivity index (χ0v) is 16.9. The Labute approximate surface area is 168 Å². The van der Waals surface area contributed by atoms with Gasteiger partial charge in [-0.3, -0.25) is 4.79 Å². The van der Waals surface area contributed by atoms with Gasteiger partial charge in [-0.05, 0) is 42.7 Å². The molecular weight excluding hydrogens is 398 g/mol. The molecule has 0 atom stereocenters. The first kappa shape index (κ1) is 20.0. The van der Waals surface area contributed by atoms with Gasteiger partial charge < -0.3 is 5.32 Å². The summed E-state index contributed by atoms with van der Waals surface area (Å²) in [5.41, 5.74) is 2.82. The molecule has 0 bridgehead atoms. The Morgan fingerprint density at radius 1 is 1.11 bits per heavy atom. The quantitative estimate of drug-likeness (QED) is 0.637. The maximum Gasteiger partial charge on any atom is 0.275 e. The highest BCUT2D eigenvalue weighted by molar-refractivity contribution is 7.90. The molecule has 1 N–H and O–H groups in total. The molecule has 0 aliphatic heterocycles. The molecule has 1 amide bonds. The molecule has 0 aliphatic rings. The van der Waals surface area contributed by atoms with Gasteiger partial charge in [0.1, 0.15) is 0 Å². The highest BCUT2D eigenvalue weighted by Crippen LogP contribution is 2.20. The molecule has 0 radical (unpaired) electrons. The average molecular weight is 416 g/mol. The van der Waals surface area contributed by atoms with Gasteiger partial charge in [0.15, 0.2) is 5.69 Å². The number of rotatable bonds is 5. The van der Waals surface area contributed by atoms with Crippen molar-refractivity contribution in [2.45, 2.75) is 24.8 Å². The molecule has 0 saturated carbocycles. The van der Waals surface area contributed by atoms with Crippen LogP contribution in [-0.4, -0.2) is 24.3 Å². The van der Waals surface area contributed by atoms with E-state index in [2.05, 4.69) is 15.3 Å². The second-order valence-corrected chi connectivity index (χ2v) is 8.65. The number of hydrogen-bond donors (Lipinski definition) is 1. The fourth-order valence-corrected chi connectivity index (χ4v) is 4.10. The molecule has 0 spiro atoms. The predicted molar refractivity (Wildman–Crippen MR) is 108 cm³/mol. The van der Waals surface area contributed by atoms with E-state index in [0.29, 0.717) is 11.3 Å². The lowest BCUT2D eigenvalue weighted by atomic mass is 10.1.